The van der Waals surface area contributed by atoms with Gasteiger partial charge in [-0.3, -0.25) is 0 Å². The van der Waals surface area contributed by atoms with Crippen LogP contribution in [0.5, 0.6) is 0 Å². The Labute approximate surface area is 216 Å². The number of hydrogen-bond donors (Lipinski definition) is 3. The van der Waals surface area contributed by atoms with Crippen molar-refractivity contribution in [1.29, 1.82) is 0 Å². The molecule has 4 aromatic carbocycles. The van der Waals surface area contributed by atoms with Gasteiger partial charge in [0.1, 0.15) is 0 Å². The van der Waals surface area contributed by atoms with E-state index in [0.717, 1.165) is 19.4 Å². The number of nitrogens with one attached hydrogen (secondary N) is 2. The first-order valence-corrected chi connectivity index (χ1v) is 13.0. The number of rotatable bonds is 13. The van der Waals surface area contributed by atoms with E-state index in [9.17, 15) is 5.11 Å². The molecule has 0 spiro atoms. The Balaban J connectivity index is 1.41. The van der Waals surface area contributed by atoms with Gasteiger partial charge in [0, 0.05) is 24.5 Å². The Hall–Kier alpha value is -3.24. The molecule has 0 saturated carbocycles. The maximum Gasteiger partial charge on any atom is 0.0820 e. The first-order valence-electron chi connectivity index (χ1n) is 13.0. The normalized spacial score (nSPS) is 13.9. The molecule has 3 N–H and O–H groups in total. The molecule has 186 valence electrons. The Kier molecular flexibility index (Phi) is 9.87. The number of aliphatic hydroxyl groups is 1. The summed E-state index contributed by atoms with van der Waals surface area (Å²) in [5, 5.41) is 18.5. The average Bonchev–Trinajstić information content (AvgIpc) is 2.95. The van der Waals surface area contributed by atoms with E-state index in [2.05, 4.69) is 127 Å². The molecule has 0 heterocycles. The van der Waals surface area contributed by atoms with Crippen LogP contribution in [0.25, 0.3) is 0 Å². The van der Waals surface area contributed by atoms with Crippen molar-refractivity contribution >= 4 is 0 Å². The van der Waals surface area contributed by atoms with Crippen molar-refractivity contribution in [2.24, 2.45) is 0 Å². The van der Waals surface area contributed by atoms with Gasteiger partial charge in [-0.1, -0.05) is 121 Å². The van der Waals surface area contributed by atoms with Crippen molar-refractivity contribution in [3.05, 3.63) is 144 Å². The standard InChI is InChI=1S/C33H38N2O/c1-26(28-16-8-3-9-17-28)35-25-33(36)32(24-27-14-6-2-7-15-27)34-23-22-31(29-18-10-4-11-19-29)30-20-12-5-13-21-30/h2-21,26,31-36H,22-25H2,1H3/t26-,32-,33+/m0/s1. The van der Waals surface area contributed by atoms with E-state index in [1.165, 1.54) is 22.3 Å². The molecule has 0 fully saturated rings. The van der Waals surface area contributed by atoms with E-state index in [1.54, 1.807) is 0 Å². The monoisotopic (exact) mass is 478 g/mol. The molecule has 4 rings (SSSR count). The Morgan fingerprint density at radius 1 is 0.611 bits per heavy atom. The van der Waals surface area contributed by atoms with Gasteiger partial charge >= 0.3 is 0 Å². The lowest BCUT2D eigenvalue weighted by Crippen LogP contribution is -2.47. The van der Waals surface area contributed by atoms with Gasteiger partial charge in [0.05, 0.1) is 6.10 Å². The Bertz CT molecular complexity index is 1080. The molecule has 0 aliphatic heterocycles. The largest absolute Gasteiger partial charge is 0.390 e. The second-order valence-electron chi connectivity index (χ2n) is 9.52. The number of benzene rings is 4. The summed E-state index contributed by atoms with van der Waals surface area (Å²) in [7, 11) is 0. The molecule has 0 amide bonds. The molecule has 0 unspecified atom stereocenters. The molecule has 3 heteroatoms. The lowest BCUT2D eigenvalue weighted by Gasteiger charge is -2.27. The van der Waals surface area contributed by atoms with Crippen LogP contribution in [0.4, 0.5) is 0 Å². The fourth-order valence-electron chi connectivity index (χ4n) is 4.82. The third-order valence-corrected chi connectivity index (χ3v) is 6.94. The highest BCUT2D eigenvalue weighted by Crippen LogP contribution is 2.27. The lowest BCUT2D eigenvalue weighted by molar-refractivity contribution is 0.121. The van der Waals surface area contributed by atoms with Crippen LogP contribution in [0, 0.1) is 0 Å². The van der Waals surface area contributed by atoms with Crippen LogP contribution in [-0.4, -0.2) is 30.3 Å². The fourth-order valence-corrected chi connectivity index (χ4v) is 4.82. The summed E-state index contributed by atoms with van der Waals surface area (Å²) in [6.45, 7) is 3.49. The van der Waals surface area contributed by atoms with E-state index in [0.29, 0.717) is 12.5 Å². The van der Waals surface area contributed by atoms with Crippen LogP contribution in [0.3, 0.4) is 0 Å². The smallest absolute Gasteiger partial charge is 0.0820 e. The predicted octanol–water partition coefficient (Wildman–Crippen LogP) is 6.12. The third kappa shape index (κ3) is 7.63. The summed E-state index contributed by atoms with van der Waals surface area (Å²) in [6.07, 6.45) is 1.23. The third-order valence-electron chi connectivity index (χ3n) is 6.94. The van der Waals surface area contributed by atoms with Gasteiger partial charge in [0.15, 0.2) is 0 Å². The molecule has 4 aromatic rings. The quantitative estimate of drug-likeness (QED) is 0.217. The van der Waals surface area contributed by atoms with Crippen LogP contribution in [0.1, 0.15) is 47.6 Å². The molecule has 0 bridgehead atoms. The Morgan fingerprint density at radius 3 is 1.61 bits per heavy atom. The van der Waals surface area contributed by atoms with Crippen molar-refractivity contribution in [3.8, 4) is 0 Å². The molecule has 36 heavy (non-hydrogen) atoms. The molecule has 0 radical (unpaired) electrons. The highest BCUT2D eigenvalue weighted by molar-refractivity contribution is 5.32. The minimum Gasteiger partial charge on any atom is -0.390 e. The van der Waals surface area contributed by atoms with Gasteiger partial charge in [-0.05, 0) is 48.6 Å². The molecular weight excluding hydrogens is 440 g/mol. The zero-order valence-electron chi connectivity index (χ0n) is 21.1. The van der Waals surface area contributed by atoms with E-state index in [-0.39, 0.29) is 12.1 Å². The molecular formula is C33H38N2O. The number of hydrogen-bond acceptors (Lipinski definition) is 3. The minimum atomic E-state index is -0.511. The van der Waals surface area contributed by atoms with Crippen molar-refractivity contribution in [2.75, 3.05) is 13.1 Å². The summed E-state index contributed by atoms with van der Waals surface area (Å²) in [4.78, 5) is 0. The maximum atomic E-state index is 11.2. The van der Waals surface area contributed by atoms with Gasteiger partial charge < -0.3 is 15.7 Å². The van der Waals surface area contributed by atoms with Gasteiger partial charge in [0.25, 0.3) is 0 Å². The molecule has 0 aliphatic rings. The maximum absolute atomic E-state index is 11.2. The number of aliphatic hydroxyl groups excluding tert-OH is 1. The molecule has 3 nitrogen and oxygen atoms in total. The molecule has 0 aliphatic carbocycles. The second-order valence-corrected chi connectivity index (χ2v) is 9.52. The zero-order chi connectivity index (χ0) is 25.0. The summed E-state index contributed by atoms with van der Waals surface area (Å²) in [5.74, 6) is 0.311. The van der Waals surface area contributed by atoms with Crippen LogP contribution in [-0.2, 0) is 6.42 Å². The zero-order valence-corrected chi connectivity index (χ0v) is 21.1. The Morgan fingerprint density at radius 2 is 1.08 bits per heavy atom. The van der Waals surface area contributed by atoms with Crippen molar-refractivity contribution in [3.63, 3.8) is 0 Å². The summed E-state index contributed by atoms with van der Waals surface area (Å²) >= 11 is 0. The average molecular weight is 479 g/mol. The SMILES string of the molecule is C[C@H](NC[C@@H](O)[C@H](Cc1ccccc1)NCCC(c1ccccc1)c1ccccc1)c1ccccc1. The van der Waals surface area contributed by atoms with E-state index >= 15 is 0 Å². The van der Waals surface area contributed by atoms with Crippen molar-refractivity contribution in [1.82, 2.24) is 10.6 Å². The summed E-state index contributed by atoms with van der Waals surface area (Å²) in [6, 6.07) is 42.4. The summed E-state index contributed by atoms with van der Waals surface area (Å²) < 4.78 is 0. The highest BCUT2D eigenvalue weighted by Gasteiger charge is 2.21. The van der Waals surface area contributed by atoms with E-state index in [4.69, 9.17) is 0 Å². The first-order chi connectivity index (χ1) is 17.7. The van der Waals surface area contributed by atoms with E-state index in [1.807, 2.05) is 12.1 Å². The van der Waals surface area contributed by atoms with Crippen molar-refractivity contribution < 1.29 is 5.11 Å². The predicted molar refractivity (Wildman–Crippen MR) is 150 cm³/mol. The van der Waals surface area contributed by atoms with Gasteiger partial charge in [-0.25, -0.2) is 0 Å². The fraction of sp³-hybridized carbons (Fsp3) is 0.273. The highest BCUT2D eigenvalue weighted by atomic mass is 16.3. The molecule has 3 atom stereocenters. The van der Waals surface area contributed by atoms with Crippen LogP contribution < -0.4 is 10.6 Å². The van der Waals surface area contributed by atoms with Gasteiger partial charge in [-0.15, -0.1) is 0 Å². The first kappa shape index (κ1) is 25.8. The molecule has 0 saturated heterocycles. The summed E-state index contributed by atoms with van der Waals surface area (Å²) in [5.41, 5.74) is 5.10. The lowest BCUT2D eigenvalue weighted by atomic mass is 9.88. The topological polar surface area (TPSA) is 44.3 Å². The van der Waals surface area contributed by atoms with E-state index < -0.39 is 6.10 Å². The molecule has 0 aromatic heterocycles. The van der Waals surface area contributed by atoms with Gasteiger partial charge in [0.2, 0.25) is 0 Å². The van der Waals surface area contributed by atoms with Crippen LogP contribution in [0.2, 0.25) is 0 Å². The second kappa shape index (κ2) is 13.7. The van der Waals surface area contributed by atoms with Crippen LogP contribution >= 0.6 is 0 Å². The minimum absolute atomic E-state index is 0.0462. The van der Waals surface area contributed by atoms with Gasteiger partial charge in [-0.2, -0.15) is 0 Å². The van der Waals surface area contributed by atoms with Crippen LogP contribution in [0.15, 0.2) is 121 Å². The van der Waals surface area contributed by atoms with Crippen molar-refractivity contribution in [2.45, 2.75) is 43.9 Å².